The summed E-state index contributed by atoms with van der Waals surface area (Å²) in [6.45, 7) is 10.5. The van der Waals surface area contributed by atoms with Gasteiger partial charge < -0.3 is 9.80 Å². The summed E-state index contributed by atoms with van der Waals surface area (Å²) in [6.07, 6.45) is 3.01. The standard InChI is InChI=1S/C18H26N4O2S2.C15H19ClN4O2S2/c1-3-4-13-26(23,24)22-11-9-21(10-12-22)18-19-17(20-25-18)14-16-7-5-15(2)6-8-16;1-2-24(21,22)20-9-7-19(8-10-20)15-17-14(18-23-15)11-12-3-5-13(16)6-4-12/h5-8H,3-4,9-14H2,1-2H3;3-6H,2,7-11H2,1H3. The SMILES string of the molecule is CCCCS(=O)(=O)N1CCN(c2nc(Cc3ccc(C)cc3)ns2)CC1.CCS(=O)(=O)N1CCN(c2nc(Cc3ccc(Cl)cc3)ns2)CC1. The molecule has 0 N–H and O–H groups in total. The third-order valence-electron chi connectivity index (χ3n) is 8.60. The second kappa shape index (κ2) is 17.7. The number of nitrogens with zero attached hydrogens (tertiary/aromatic N) is 8. The molecule has 272 valence electrons. The van der Waals surface area contributed by atoms with Gasteiger partial charge in [0.1, 0.15) is 11.6 Å². The zero-order valence-corrected chi connectivity index (χ0v) is 32.8. The minimum absolute atomic E-state index is 0.150. The van der Waals surface area contributed by atoms with Gasteiger partial charge in [-0.3, -0.25) is 0 Å². The van der Waals surface area contributed by atoms with Crippen molar-refractivity contribution < 1.29 is 16.8 Å². The molecule has 2 aliphatic heterocycles. The maximum Gasteiger partial charge on any atom is 0.214 e. The maximum absolute atomic E-state index is 12.3. The Labute approximate surface area is 309 Å². The predicted molar refractivity (Wildman–Crippen MR) is 204 cm³/mol. The molecule has 0 atom stereocenters. The Kier molecular flexibility index (Phi) is 13.6. The quantitative estimate of drug-likeness (QED) is 0.195. The molecule has 2 aromatic carbocycles. The molecule has 0 bridgehead atoms. The molecule has 0 radical (unpaired) electrons. The van der Waals surface area contributed by atoms with Crippen LogP contribution < -0.4 is 9.80 Å². The van der Waals surface area contributed by atoms with Gasteiger partial charge in [0.05, 0.1) is 11.5 Å². The van der Waals surface area contributed by atoms with E-state index in [9.17, 15) is 16.8 Å². The molecule has 50 heavy (non-hydrogen) atoms. The highest BCUT2D eigenvalue weighted by Crippen LogP contribution is 2.23. The van der Waals surface area contributed by atoms with E-state index in [0.717, 1.165) is 46.7 Å². The molecular weight excluding hydrogens is 736 g/mol. The number of halogens is 1. The number of anilines is 2. The molecule has 0 amide bonds. The van der Waals surface area contributed by atoms with Crippen LogP contribution in [0.4, 0.5) is 10.3 Å². The molecule has 2 saturated heterocycles. The van der Waals surface area contributed by atoms with E-state index in [1.165, 1.54) is 34.2 Å². The van der Waals surface area contributed by atoms with Crippen molar-refractivity contribution >= 4 is 65.0 Å². The summed E-state index contributed by atoms with van der Waals surface area (Å²) in [5, 5.41) is 2.45. The van der Waals surface area contributed by atoms with Crippen LogP contribution in [0.5, 0.6) is 0 Å². The van der Waals surface area contributed by atoms with Gasteiger partial charge in [-0.1, -0.05) is 66.9 Å². The average molecular weight is 781 g/mol. The lowest BCUT2D eigenvalue weighted by atomic mass is 10.1. The van der Waals surface area contributed by atoms with E-state index in [-0.39, 0.29) is 11.5 Å². The summed E-state index contributed by atoms with van der Waals surface area (Å²) >= 11 is 8.65. The minimum Gasteiger partial charge on any atom is -0.344 e. The monoisotopic (exact) mass is 780 g/mol. The molecule has 12 nitrogen and oxygen atoms in total. The second-order valence-electron chi connectivity index (χ2n) is 12.3. The largest absolute Gasteiger partial charge is 0.344 e. The number of aromatic nitrogens is 4. The third-order valence-corrected chi connectivity index (χ3v) is 14.3. The number of rotatable bonds is 12. The van der Waals surface area contributed by atoms with Crippen LogP contribution in [0.25, 0.3) is 0 Å². The molecular formula is C33H45ClN8O4S4. The summed E-state index contributed by atoms with van der Waals surface area (Å²) in [5.74, 6) is 2.01. The molecule has 17 heteroatoms. The Bertz CT molecular complexity index is 1870. The minimum atomic E-state index is -3.12. The number of sulfonamides is 2. The fraction of sp³-hybridized carbons (Fsp3) is 0.515. The maximum atomic E-state index is 12.3. The lowest BCUT2D eigenvalue weighted by Gasteiger charge is -2.33. The van der Waals surface area contributed by atoms with Gasteiger partial charge in [-0.2, -0.15) is 17.4 Å². The number of benzene rings is 2. The van der Waals surface area contributed by atoms with Gasteiger partial charge in [-0.25, -0.2) is 26.8 Å². The lowest BCUT2D eigenvalue weighted by molar-refractivity contribution is 0.384. The lowest BCUT2D eigenvalue weighted by Crippen LogP contribution is -2.49. The van der Waals surface area contributed by atoms with E-state index in [2.05, 4.69) is 59.7 Å². The summed E-state index contributed by atoms with van der Waals surface area (Å²) in [7, 11) is -6.22. The smallest absolute Gasteiger partial charge is 0.214 e. The molecule has 6 rings (SSSR count). The first kappa shape index (κ1) is 38.5. The van der Waals surface area contributed by atoms with Gasteiger partial charge in [0.2, 0.25) is 30.3 Å². The van der Waals surface area contributed by atoms with Crippen molar-refractivity contribution in [3.05, 3.63) is 81.9 Å². The van der Waals surface area contributed by atoms with Crippen LogP contribution in [0.3, 0.4) is 0 Å². The van der Waals surface area contributed by atoms with Crippen LogP contribution in [0.1, 0.15) is 55.0 Å². The Morgan fingerprint density at radius 1 is 0.660 bits per heavy atom. The van der Waals surface area contributed by atoms with Crippen molar-refractivity contribution in [2.24, 2.45) is 0 Å². The molecule has 0 unspecified atom stereocenters. The van der Waals surface area contributed by atoms with Gasteiger partial charge in [-0.15, -0.1) is 0 Å². The van der Waals surface area contributed by atoms with Crippen molar-refractivity contribution in [2.45, 2.75) is 46.5 Å². The van der Waals surface area contributed by atoms with E-state index in [0.29, 0.717) is 63.8 Å². The fourth-order valence-corrected chi connectivity index (χ4v) is 9.83. The van der Waals surface area contributed by atoms with E-state index < -0.39 is 20.0 Å². The van der Waals surface area contributed by atoms with Crippen LogP contribution in [0.2, 0.25) is 5.02 Å². The van der Waals surface area contributed by atoms with Crippen LogP contribution in [-0.2, 0) is 32.9 Å². The van der Waals surface area contributed by atoms with Gasteiger partial charge in [0.25, 0.3) is 0 Å². The van der Waals surface area contributed by atoms with Gasteiger partial charge in [0.15, 0.2) is 0 Å². The van der Waals surface area contributed by atoms with E-state index in [1.807, 2.05) is 31.2 Å². The van der Waals surface area contributed by atoms with Crippen LogP contribution in [0, 0.1) is 6.92 Å². The molecule has 0 aliphatic carbocycles. The van der Waals surface area contributed by atoms with Crippen LogP contribution >= 0.6 is 34.7 Å². The highest BCUT2D eigenvalue weighted by atomic mass is 35.5. The number of hydrogen-bond acceptors (Lipinski definition) is 12. The number of hydrogen-bond donors (Lipinski definition) is 0. The summed E-state index contributed by atoms with van der Waals surface area (Å²) in [6, 6.07) is 16.1. The highest BCUT2D eigenvalue weighted by molar-refractivity contribution is 7.89. The van der Waals surface area contributed by atoms with Gasteiger partial charge in [0, 0.05) is 93.3 Å². The average Bonchev–Trinajstić information content (AvgIpc) is 3.80. The second-order valence-corrected chi connectivity index (χ2v) is 18.5. The summed E-state index contributed by atoms with van der Waals surface area (Å²) < 4.78 is 60.5. The van der Waals surface area contributed by atoms with Crippen molar-refractivity contribution in [2.75, 3.05) is 73.7 Å². The number of unbranched alkanes of at least 4 members (excludes halogenated alkanes) is 1. The third kappa shape index (κ3) is 10.7. The first-order valence-corrected chi connectivity index (χ1v) is 22.0. The Morgan fingerprint density at radius 3 is 1.54 bits per heavy atom. The zero-order chi connectivity index (χ0) is 35.7. The zero-order valence-electron chi connectivity index (χ0n) is 28.7. The molecule has 2 aliphatic rings. The normalized spacial score (nSPS) is 16.3. The van der Waals surface area contributed by atoms with Crippen molar-refractivity contribution in [3.8, 4) is 0 Å². The van der Waals surface area contributed by atoms with Gasteiger partial charge >= 0.3 is 0 Å². The Hall–Kier alpha value is -2.73. The number of piperazine rings is 2. The predicted octanol–water partition coefficient (Wildman–Crippen LogP) is 4.94. The molecule has 0 spiro atoms. The van der Waals surface area contributed by atoms with Crippen LogP contribution in [-0.4, -0.2) is 108 Å². The first-order valence-electron chi connectivity index (χ1n) is 16.9. The van der Waals surface area contributed by atoms with E-state index in [4.69, 9.17) is 11.6 Å². The Balaban J connectivity index is 0.000000195. The van der Waals surface area contributed by atoms with E-state index in [1.54, 1.807) is 15.5 Å². The fourth-order valence-electron chi connectivity index (χ4n) is 5.52. The summed E-state index contributed by atoms with van der Waals surface area (Å²) in [5.41, 5.74) is 3.56. The first-order chi connectivity index (χ1) is 24.0. The summed E-state index contributed by atoms with van der Waals surface area (Å²) in [4.78, 5) is 13.5. The van der Waals surface area contributed by atoms with Crippen LogP contribution in [0.15, 0.2) is 48.5 Å². The van der Waals surface area contributed by atoms with Crippen molar-refractivity contribution in [1.29, 1.82) is 0 Å². The van der Waals surface area contributed by atoms with Gasteiger partial charge in [-0.05, 0) is 43.5 Å². The molecule has 2 fully saturated rings. The molecule has 4 heterocycles. The van der Waals surface area contributed by atoms with E-state index >= 15 is 0 Å². The topological polar surface area (TPSA) is 133 Å². The molecule has 0 saturated carbocycles. The molecule has 4 aromatic rings. The Morgan fingerprint density at radius 2 is 1.10 bits per heavy atom. The highest BCUT2D eigenvalue weighted by Gasteiger charge is 2.28. The van der Waals surface area contributed by atoms with Crippen molar-refractivity contribution in [3.63, 3.8) is 0 Å². The molecule has 2 aromatic heterocycles. The van der Waals surface area contributed by atoms with Crippen molar-refractivity contribution in [1.82, 2.24) is 27.3 Å². The number of aryl methyl sites for hydroxylation is 1.